The van der Waals surface area contributed by atoms with E-state index in [1.54, 1.807) is 6.92 Å². The minimum atomic E-state index is -1.32. The molecular formula is C16H24O6S. The molecule has 0 fully saturated rings. The molecule has 0 bridgehead atoms. The molecule has 130 valence electrons. The monoisotopic (exact) mass is 344 g/mol. The molecule has 1 aliphatic rings. The van der Waals surface area contributed by atoms with Crippen molar-refractivity contribution >= 4 is 29.5 Å². The van der Waals surface area contributed by atoms with E-state index in [0.29, 0.717) is 12.8 Å². The topological polar surface area (TPSA) is 89.9 Å². The number of hydrogen-bond acceptors (Lipinski definition) is 7. The predicted octanol–water partition coefficient (Wildman–Crippen LogP) is 1.64. The summed E-state index contributed by atoms with van der Waals surface area (Å²) in [5, 5.41) is 8.90. The zero-order valence-electron chi connectivity index (χ0n) is 13.5. The normalized spacial score (nSPS) is 26.4. The van der Waals surface area contributed by atoms with Crippen LogP contribution in [0, 0.1) is 0 Å². The molecule has 1 aliphatic heterocycles. The fraction of sp³-hybridized carbons (Fsp3) is 0.688. The third-order valence-electron chi connectivity index (χ3n) is 3.38. The van der Waals surface area contributed by atoms with Crippen LogP contribution in [-0.2, 0) is 23.9 Å². The molecule has 0 aromatic heterocycles. The fourth-order valence-electron chi connectivity index (χ4n) is 2.08. The molecule has 23 heavy (non-hydrogen) atoms. The number of ether oxygens (including phenoxy) is 2. The van der Waals surface area contributed by atoms with Gasteiger partial charge in [0.1, 0.15) is 17.1 Å². The summed E-state index contributed by atoms with van der Waals surface area (Å²) in [7, 11) is 1.18. The molecule has 6 nitrogen and oxygen atoms in total. The number of cyclic esters (lactones) is 1. The number of thioether (sulfide) groups is 1. The molecular weight excluding hydrogens is 320 g/mol. The number of Topliss-reactive ketones (excluding diaryl/α,β-unsaturated/α-hetero) is 1. The van der Waals surface area contributed by atoms with E-state index in [1.165, 1.54) is 7.11 Å². The maximum absolute atomic E-state index is 12.2. The highest BCUT2D eigenvalue weighted by Gasteiger charge is 2.27. The van der Waals surface area contributed by atoms with E-state index in [0.717, 1.165) is 24.6 Å². The van der Waals surface area contributed by atoms with Gasteiger partial charge in [0.15, 0.2) is 6.10 Å². The molecule has 0 unspecified atom stereocenters. The third-order valence-corrected chi connectivity index (χ3v) is 4.65. The molecule has 7 heteroatoms. The predicted molar refractivity (Wildman–Crippen MR) is 87.1 cm³/mol. The van der Waals surface area contributed by atoms with Gasteiger partial charge in [-0.25, -0.2) is 4.79 Å². The molecule has 0 saturated heterocycles. The van der Waals surface area contributed by atoms with Crippen LogP contribution in [0.5, 0.6) is 0 Å². The molecule has 0 radical (unpaired) electrons. The number of aliphatic hydroxyl groups excluding tert-OH is 1. The Morgan fingerprint density at radius 1 is 1.48 bits per heavy atom. The summed E-state index contributed by atoms with van der Waals surface area (Å²) in [4.78, 5) is 35.4. The Morgan fingerprint density at radius 2 is 2.22 bits per heavy atom. The summed E-state index contributed by atoms with van der Waals surface area (Å²) in [6.45, 7) is 1.79. The van der Waals surface area contributed by atoms with Crippen LogP contribution in [0.3, 0.4) is 0 Å². The van der Waals surface area contributed by atoms with Crippen LogP contribution in [-0.4, -0.2) is 53.1 Å². The average molecular weight is 344 g/mol. The van der Waals surface area contributed by atoms with Crippen LogP contribution < -0.4 is 0 Å². The fourth-order valence-corrected chi connectivity index (χ4v) is 3.12. The lowest BCUT2D eigenvalue weighted by atomic mass is 10.1. The average Bonchev–Trinajstić information content (AvgIpc) is 2.52. The van der Waals surface area contributed by atoms with E-state index in [9.17, 15) is 19.5 Å². The molecule has 0 spiro atoms. The molecule has 3 atom stereocenters. The Labute approximate surface area is 140 Å². The van der Waals surface area contributed by atoms with Gasteiger partial charge >= 0.3 is 11.9 Å². The molecule has 0 aromatic rings. The van der Waals surface area contributed by atoms with Crippen LogP contribution in [0.1, 0.15) is 39.0 Å². The van der Waals surface area contributed by atoms with Crippen molar-refractivity contribution in [3.63, 3.8) is 0 Å². The Kier molecular flexibility index (Phi) is 8.94. The number of carbonyl (C=O) groups excluding carboxylic acids is 3. The Bertz CT molecular complexity index is 448. The first-order chi connectivity index (χ1) is 10.9. The quantitative estimate of drug-likeness (QED) is 0.612. The van der Waals surface area contributed by atoms with Crippen molar-refractivity contribution in [1.82, 2.24) is 0 Å². The van der Waals surface area contributed by atoms with Gasteiger partial charge in [-0.1, -0.05) is 12.2 Å². The standard InChI is InChI=1S/C16H24O6S/c1-11-7-5-3-4-6-8-12(17)9-14(16(20)22-11)23-10-13(18)15(19)21-2/h3,5,11,13-14,18H,4,6-10H2,1-2H3/b5-3+/t11-,13-,14+/m1/s1. The van der Waals surface area contributed by atoms with Crippen LogP contribution in [0.4, 0.5) is 0 Å². The van der Waals surface area contributed by atoms with E-state index >= 15 is 0 Å². The first-order valence-corrected chi connectivity index (χ1v) is 8.73. The number of ketones is 1. The van der Waals surface area contributed by atoms with Gasteiger partial charge in [0.05, 0.1) is 7.11 Å². The maximum Gasteiger partial charge on any atom is 0.335 e. The Balaban J connectivity index is 2.69. The van der Waals surface area contributed by atoms with Crippen LogP contribution in [0.25, 0.3) is 0 Å². The SMILES string of the molecule is COC(=O)[C@H](O)CS[C@H]1CC(=O)CCC/C=C/C[C@@H](C)OC1=O. The molecule has 0 aliphatic carbocycles. The highest BCUT2D eigenvalue weighted by atomic mass is 32.2. The van der Waals surface area contributed by atoms with Gasteiger partial charge in [-0.05, 0) is 19.8 Å². The van der Waals surface area contributed by atoms with Gasteiger partial charge in [-0.15, -0.1) is 11.8 Å². The number of aliphatic hydroxyl groups is 1. The van der Waals surface area contributed by atoms with Gasteiger partial charge in [0, 0.05) is 25.0 Å². The second-order valence-electron chi connectivity index (χ2n) is 5.45. The van der Waals surface area contributed by atoms with Crippen molar-refractivity contribution in [1.29, 1.82) is 0 Å². The molecule has 0 amide bonds. The number of carbonyl (C=O) groups is 3. The summed E-state index contributed by atoms with van der Waals surface area (Å²) in [6, 6.07) is 0. The minimum absolute atomic E-state index is 0.0198. The largest absolute Gasteiger partial charge is 0.467 e. The smallest absolute Gasteiger partial charge is 0.335 e. The third kappa shape index (κ3) is 7.65. The molecule has 0 saturated carbocycles. The second-order valence-corrected chi connectivity index (χ2v) is 6.69. The van der Waals surface area contributed by atoms with Gasteiger partial charge in [0.25, 0.3) is 0 Å². The molecule has 1 heterocycles. The molecule has 1 N–H and O–H groups in total. The zero-order valence-corrected chi connectivity index (χ0v) is 14.3. The lowest BCUT2D eigenvalue weighted by Gasteiger charge is -2.19. The first-order valence-electron chi connectivity index (χ1n) is 7.68. The number of methoxy groups -OCH3 is 1. The second kappa shape index (κ2) is 10.4. The van der Waals surface area contributed by atoms with Crippen LogP contribution in [0.2, 0.25) is 0 Å². The summed E-state index contributed by atoms with van der Waals surface area (Å²) in [5.41, 5.74) is 0. The summed E-state index contributed by atoms with van der Waals surface area (Å²) in [6.07, 6.45) is 5.01. The zero-order chi connectivity index (χ0) is 17.2. The van der Waals surface area contributed by atoms with Crippen molar-refractivity contribution < 1.29 is 29.0 Å². The Morgan fingerprint density at radius 3 is 2.91 bits per heavy atom. The highest BCUT2D eigenvalue weighted by molar-refractivity contribution is 8.00. The van der Waals surface area contributed by atoms with Gasteiger partial charge in [-0.2, -0.15) is 0 Å². The number of rotatable bonds is 4. The number of esters is 2. The Hall–Kier alpha value is -1.34. The molecule has 0 aromatic carbocycles. The van der Waals surface area contributed by atoms with E-state index in [4.69, 9.17) is 4.74 Å². The number of allylic oxidation sites excluding steroid dienone is 1. The minimum Gasteiger partial charge on any atom is -0.467 e. The van der Waals surface area contributed by atoms with Crippen molar-refractivity contribution in [2.45, 2.75) is 56.5 Å². The van der Waals surface area contributed by atoms with E-state index < -0.39 is 23.3 Å². The van der Waals surface area contributed by atoms with Gasteiger partial charge in [-0.3, -0.25) is 9.59 Å². The first kappa shape index (κ1) is 19.7. The van der Waals surface area contributed by atoms with Gasteiger partial charge in [0.2, 0.25) is 0 Å². The summed E-state index contributed by atoms with van der Waals surface area (Å²) >= 11 is 1.05. The summed E-state index contributed by atoms with van der Waals surface area (Å²) in [5.74, 6) is -1.28. The lowest BCUT2D eigenvalue weighted by molar-refractivity contribution is -0.149. The van der Waals surface area contributed by atoms with Crippen molar-refractivity contribution in [3.05, 3.63) is 12.2 Å². The van der Waals surface area contributed by atoms with Crippen molar-refractivity contribution in [2.75, 3.05) is 12.9 Å². The van der Waals surface area contributed by atoms with E-state index in [2.05, 4.69) is 4.74 Å². The van der Waals surface area contributed by atoms with Crippen LogP contribution >= 0.6 is 11.8 Å². The van der Waals surface area contributed by atoms with Crippen molar-refractivity contribution in [3.8, 4) is 0 Å². The number of hydrogen-bond donors (Lipinski definition) is 1. The molecule has 1 rings (SSSR count). The lowest BCUT2D eigenvalue weighted by Crippen LogP contribution is -2.30. The maximum atomic E-state index is 12.2. The van der Waals surface area contributed by atoms with E-state index in [1.807, 2.05) is 12.2 Å². The summed E-state index contributed by atoms with van der Waals surface area (Å²) < 4.78 is 9.78. The van der Waals surface area contributed by atoms with Crippen LogP contribution in [0.15, 0.2) is 12.2 Å². The highest BCUT2D eigenvalue weighted by Crippen LogP contribution is 2.21. The van der Waals surface area contributed by atoms with E-state index in [-0.39, 0.29) is 24.1 Å². The van der Waals surface area contributed by atoms with Crippen molar-refractivity contribution in [2.24, 2.45) is 0 Å². The van der Waals surface area contributed by atoms with Gasteiger partial charge < -0.3 is 14.6 Å².